The van der Waals surface area contributed by atoms with Crippen LogP contribution in [0, 0.1) is 18.3 Å². The van der Waals surface area contributed by atoms with Crippen LogP contribution in [0.3, 0.4) is 0 Å². The van der Waals surface area contributed by atoms with Gasteiger partial charge in [0.2, 0.25) is 5.88 Å². The average Bonchev–Trinajstić information content (AvgIpc) is 2.64. The number of pyridine rings is 1. The average molecular weight is 404 g/mol. The Balaban J connectivity index is 2.13. The van der Waals surface area contributed by atoms with Gasteiger partial charge in [-0.05, 0) is 43.5 Å². The number of benzene rings is 1. The molecule has 2 aromatic rings. The van der Waals surface area contributed by atoms with Crippen molar-refractivity contribution in [3.8, 4) is 11.9 Å². The van der Waals surface area contributed by atoms with Crippen molar-refractivity contribution in [3.05, 3.63) is 55.3 Å². The van der Waals surface area contributed by atoms with Gasteiger partial charge in [-0.25, -0.2) is 0 Å². The van der Waals surface area contributed by atoms with Crippen molar-refractivity contribution >= 4 is 35.1 Å². The summed E-state index contributed by atoms with van der Waals surface area (Å²) in [5.74, 6) is -0.155. The van der Waals surface area contributed by atoms with Gasteiger partial charge >= 0.3 is 0 Å². The maximum atomic E-state index is 12.8. The van der Waals surface area contributed by atoms with Gasteiger partial charge in [0.1, 0.15) is 11.6 Å². The van der Waals surface area contributed by atoms with Gasteiger partial charge in [0.05, 0.1) is 16.3 Å². The predicted octanol–water partition coefficient (Wildman–Crippen LogP) is 5.30. The zero-order chi connectivity index (χ0) is 19.6. The number of hydrogen-bond acceptors (Lipinski definition) is 4. The highest BCUT2D eigenvalue weighted by Crippen LogP contribution is 2.33. The smallest absolute Gasteiger partial charge is 0.271 e. The second kappa shape index (κ2) is 8.16. The van der Waals surface area contributed by atoms with Gasteiger partial charge in [-0.1, -0.05) is 42.5 Å². The lowest BCUT2D eigenvalue weighted by atomic mass is 9.94. The van der Waals surface area contributed by atoms with Crippen molar-refractivity contribution in [1.29, 1.82) is 5.26 Å². The Bertz CT molecular complexity index is 1000. The second-order valence-electron chi connectivity index (χ2n) is 6.67. The van der Waals surface area contributed by atoms with Gasteiger partial charge in [-0.15, -0.1) is 0 Å². The molecule has 0 bridgehead atoms. The van der Waals surface area contributed by atoms with Gasteiger partial charge in [0.25, 0.3) is 5.56 Å². The Morgan fingerprint density at radius 1 is 1.30 bits per heavy atom. The molecular formula is C20H19Cl2N3O2. The lowest BCUT2D eigenvalue weighted by molar-refractivity contribution is 0.303. The van der Waals surface area contributed by atoms with Crippen LogP contribution in [-0.4, -0.2) is 15.9 Å². The van der Waals surface area contributed by atoms with E-state index in [1.165, 1.54) is 10.8 Å². The molecule has 1 N–H and O–H groups in total. The maximum Gasteiger partial charge on any atom is 0.271 e. The minimum absolute atomic E-state index is 0.0297. The molecule has 3 rings (SSSR count). The minimum atomic E-state index is -0.443. The molecule has 1 aliphatic rings. The fourth-order valence-electron chi connectivity index (χ4n) is 3.49. The number of rotatable bonds is 3. The van der Waals surface area contributed by atoms with Crippen molar-refractivity contribution in [1.82, 2.24) is 4.57 Å². The lowest BCUT2D eigenvalue weighted by Gasteiger charge is -2.26. The van der Waals surface area contributed by atoms with Crippen LogP contribution in [0.4, 0.5) is 5.69 Å². The zero-order valence-corrected chi connectivity index (χ0v) is 16.4. The molecule has 1 saturated carbocycles. The quantitative estimate of drug-likeness (QED) is 0.706. The van der Waals surface area contributed by atoms with E-state index < -0.39 is 5.56 Å². The Morgan fingerprint density at radius 2 is 2.00 bits per heavy atom. The number of hydrogen-bond donors (Lipinski definition) is 1. The van der Waals surface area contributed by atoms with Crippen LogP contribution in [0.1, 0.15) is 54.8 Å². The summed E-state index contributed by atoms with van der Waals surface area (Å²) >= 11 is 12.0. The molecule has 0 spiro atoms. The van der Waals surface area contributed by atoms with E-state index in [1.807, 2.05) is 6.07 Å². The molecule has 1 heterocycles. The maximum absolute atomic E-state index is 12.8. The molecule has 1 aliphatic carbocycles. The number of nitrogens with zero attached hydrogens (tertiary/aromatic N) is 3. The Hall–Kier alpha value is -2.29. The van der Waals surface area contributed by atoms with Crippen molar-refractivity contribution in [3.63, 3.8) is 0 Å². The number of nitriles is 1. The molecule has 0 unspecified atom stereocenters. The van der Waals surface area contributed by atoms with Gasteiger partial charge < -0.3 is 5.11 Å². The Labute approximate surface area is 167 Å². The van der Waals surface area contributed by atoms with Crippen molar-refractivity contribution in [2.45, 2.75) is 45.1 Å². The van der Waals surface area contributed by atoms with E-state index >= 15 is 0 Å². The number of aliphatic imine (C=N–C) groups is 1. The van der Waals surface area contributed by atoms with Crippen LogP contribution in [0.25, 0.3) is 0 Å². The molecule has 1 aromatic carbocycles. The topological polar surface area (TPSA) is 78.4 Å². The van der Waals surface area contributed by atoms with Crippen LogP contribution in [-0.2, 0) is 0 Å². The van der Waals surface area contributed by atoms with Crippen molar-refractivity contribution in [2.24, 2.45) is 4.99 Å². The summed E-state index contributed by atoms with van der Waals surface area (Å²) in [7, 11) is 0. The lowest BCUT2D eigenvalue weighted by Crippen LogP contribution is -2.30. The summed E-state index contributed by atoms with van der Waals surface area (Å²) < 4.78 is 1.36. The van der Waals surface area contributed by atoms with E-state index in [4.69, 9.17) is 23.2 Å². The van der Waals surface area contributed by atoms with E-state index in [1.54, 1.807) is 25.1 Å². The highest BCUT2D eigenvalue weighted by Gasteiger charge is 2.24. The first kappa shape index (κ1) is 19.5. The molecule has 27 heavy (non-hydrogen) atoms. The first-order valence-electron chi connectivity index (χ1n) is 8.81. The highest BCUT2D eigenvalue weighted by atomic mass is 35.5. The zero-order valence-electron chi connectivity index (χ0n) is 14.9. The molecule has 0 radical (unpaired) electrons. The molecule has 1 aromatic heterocycles. The first-order chi connectivity index (χ1) is 12.9. The summed E-state index contributed by atoms with van der Waals surface area (Å²) in [5, 5.41) is 21.2. The van der Waals surface area contributed by atoms with Crippen LogP contribution in [0.2, 0.25) is 10.0 Å². The summed E-state index contributed by atoms with van der Waals surface area (Å²) in [6, 6.07) is 6.77. The molecule has 5 nitrogen and oxygen atoms in total. The standard InChI is InChI=1S/C20H19Cl2N3O2/c1-12-15(10-23)19(26)25(14-5-3-2-4-6-14)20(27)16(12)11-24-18-8-7-13(21)9-17(18)22/h7-9,11,14,27H,2-6H2,1H3. The van der Waals surface area contributed by atoms with Crippen LogP contribution < -0.4 is 5.56 Å². The molecular weight excluding hydrogens is 385 g/mol. The molecule has 140 valence electrons. The van der Waals surface area contributed by atoms with E-state index in [0.717, 1.165) is 32.1 Å². The fourth-order valence-corrected chi connectivity index (χ4v) is 3.95. The van der Waals surface area contributed by atoms with E-state index in [9.17, 15) is 15.2 Å². The summed E-state index contributed by atoms with van der Waals surface area (Å²) in [4.78, 5) is 17.1. The monoisotopic (exact) mass is 403 g/mol. The van der Waals surface area contributed by atoms with Gasteiger partial charge in [0.15, 0.2) is 0 Å². The number of aromatic hydroxyl groups is 1. The third kappa shape index (κ3) is 3.87. The van der Waals surface area contributed by atoms with E-state index in [2.05, 4.69) is 4.99 Å². The molecule has 0 aliphatic heterocycles. The molecule has 0 atom stereocenters. The van der Waals surface area contributed by atoms with E-state index in [-0.39, 0.29) is 17.5 Å². The third-order valence-electron chi connectivity index (χ3n) is 4.97. The van der Waals surface area contributed by atoms with Crippen LogP contribution in [0.5, 0.6) is 5.88 Å². The second-order valence-corrected chi connectivity index (χ2v) is 7.51. The third-order valence-corrected chi connectivity index (χ3v) is 5.51. The van der Waals surface area contributed by atoms with E-state index in [0.29, 0.717) is 26.9 Å². The molecule has 0 amide bonds. The Morgan fingerprint density at radius 3 is 2.63 bits per heavy atom. The largest absolute Gasteiger partial charge is 0.494 e. The number of halogens is 2. The van der Waals surface area contributed by atoms with Crippen molar-refractivity contribution < 1.29 is 5.11 Å². The van der Waals surface area contributed by atoms with Crippen LogP contribution in [0.15, 0.2) is 28.0 Å². The Kier molecular flexibility index (Phi) is 5.88. The fraction of sp³-hybridized carbons (Fsp3) is 0.350. The first-order valence-corrected chi connectivity index (χ1v) is 9.57. The molecule has 1 fully saturated rings. The number of aromatic nitrogens is 1. The summed E-state index contributed by atoms with van der Waals surface area (Å²) in [6.45, 7) is 1.63. The minimum Gasteiger partial charge on any atom is -0.494 e. The van der Waals surface area contributed by atoms with Gasteiger partial charge in [-0.2, -0.15) is 5.26 Å². The van der Waals surface area contributed by atoms with Gasteiger partial charge in [-0.3, -0.25) is 14.4 Å². The summed E-state index contributed by atoms with van der Waals surface area (Å²) in [5.41, 5.74) is 0.820. The van der Waals surface area contributed by atoms with Gasteiger partial charge in [0, 0.05) is 17.3 Å². The molecule has 7 heteroatoms. The molecule has 0 saturated heterocycles. The van der Waals surface area contributed by atoms with Crippen LogP contribution >= 0.6 is 23.2 Å². The normalized spacial score (nSPS) is 15.2. The highest BCUT2D eigenvalue weighted by molar-refractivity contribution is 6.36. The summed E-state index contributed by atoms with van der Waals surface area (Å²) in [6.07, 6.45) is 6.17. The predicted molar refractivity (Wildman–Crippen MR) is 108 cm³/mol. The SMILES string of the molecule is Cc1c(C=Nc2ccc(Cl)cc2Cl)c(O)n(C2CCCCC2)c(=O)c1C#N. The van der Waals surface area contributed by atoms with Crippen molar-refractivity contribution in [2.75, 3.05) is 0 Å².